The number of benzene rings is 1. The second kappa shape index (κ2) is 6.64. The zero-order valence-electron chi connectivity index (χ0n) is 11.0. The van der Waals surface area contributed by atoms with E-state index in [1.807, 2.05) is 0 Å². The van der Waals surface area contributed by atoms with Gasteiger partial charge in [-0.05, 0) is 28.9 Å². The van der Waals surface area contributed by atoms with Gasteiger partial charge in [-0.3, -0.25) is 19.7 Å². The third-order valence-electron chi connectivity index (χ3n) is 2.57. The number of amides is 1. The molecule has 1 atom stereocenters. The first-order chi connectivity index (χ1) is 9.62. The summed E-state index contributed by atoms with van der Waals surface area (Å²) in [5.41, 5.74) is -1.84. The maximum absolute atomic E-state index is 12.0. The van der Waals surface area contributed by atoms with Crippen molar-refractivity contribution in [3.8, 4) is 0 Å². The number of non-ortho nitro benzene ring substituents is 1. The number of nitro benzene ring substituents is 1. The van der Waals surface area contributed by atoms with Crippen molar-refractivity contribution in [1.82, 2.24) is 5.32 Å². The minimum Gasteiger partial charge on any atom is -0.481 e. The van der Waals surface area contributed by atoms with E-state index in [0.29, 0.717) is 4.47 Å². The number of nitrogens with one attached hydrogen (secondary N) is 1. The van der Waals surface area contributed by atoms with Crippen molar-refractivity contribution >= 4 is 33.5 Å². The van der Waals surface area contributed by atoms with Gasteiger partial charge in [-0.15, -0.1) is 0 Å². The lowest BCUT2D eigenvalue weighted by molar-refractivity contribution is -0.384. The van der Waals surface area contributed by atoms with Gasteiger partial charge < -0.3 is 15.5 Å². The van der Waals surface area contributed by atoms with E-state index in [0.717, 1.165) is 6.07 Å². The minimum absolute atomic E-state index is 0.0234. The van der Waals surface area contributed by atoms with Crippen LogP contribution in [0.25, 0.3) is 0 Å². The first-order valence-electron chi connectivity index (χ1n) is 5.79. The van der Waals surface area contributed by atoms with Crippen LogP contribution in [0.3, 0.4) is 0 Å². The number of aliphatic carboxylic acids is 1. The maximum Gasteiger partial charge on any atom is 0.306 e. The molecule has 0 saturated heterocycles. The van der Waals surface area contributed by atoms with E-state index in [4.69, 9.17) is 5.11 Å². The Bertz CT molecular complexity index is 587. The molecule has 1 unspecified atom stereocenters. The van der Waals surface area contributed by atoms with Crippen LogP contribution < -0.4 is 5.32 Å². The molecule has 0 aliphatic heterocycles. The zero-order chi connectivity index (χ0) is 16.2. The van der Waals surface area contributed by atoms with Gasteiger partial charge in [0.25, 0.3) is 11.6 Å². The standard InChI is InChI=1S/C12H13BrN2O6/c1-12(19,5-10(16)17)6-14-11(18)8-4-7(15(20)21)2-3-9(8)13/h2-4,19H,5-6H2,1H3,(H,14,18)(H,16,17). The average molecular weight is 361 g/mol. The average Bonchev–Trinajstić information content (AvgIpc) is 2.34. The molecule has 0 aliphatic rings. The van der Waals surface area contributed by atoms with E-state index < -0.39 is 28.8 Å². The number of rotatable bonds is 6. The normalized spacial score (nSPS) is 13.3. The highest BCUT2D eigenvalue weighted by Gasteiger charge is 2.25. The van der Waals surface area contributed by atoms with Crippen molar-refractivity contribution in [2.45, 2.75) is 18.9 Å². The van der Waals surface area contributed by atoms with Crippen LogP contribution in [-0.4, -0.2) is 39.2 Å². The number of carboxylic acids is 1. The van der Waals surface area contributed by atoms with Gasteiger partial charge in [0.15, 0.2) is 0 Å². The summed E-state index contributed by atoms with van der Waals surface area (Å²) in [6.07, 6.45) is -0.538. The first-order valence-corrected chi connectivity index (χ1v) is 6.58. The molecule has 0 saturated carbocycles. The van der Waals surface area contributed by atoms with Gasteiger partial charge in [0, 0.05) is 23.2 Å². The topological polar surface area (TPSA) is 130 Å². The maximum atomic E-state index is 12.0. The molecule has 0 fully saturated rings. The minimum atomic E-state index is -1.62. The number of carboxylic acid groups (broad SMARTS) is 1. The molecule has 1 amide bonds. The van der Waals surface area contributed by atoms with Gasteiger partial charge in [0.05, 0.1) is 22.5 Å². The van der Waals surface area contributed by atoms with Crippen molar-refractivity contribution in [2.75, 3.05) is 6.54 Å². The number of nitro groups is 1. The molecular weight excluding hydrogens is 348 g/mol. The van der Waals surface area contributed by atoms with Crippen molar-refractivity contribution in [1.29, 1.82) is 0 Å². The summed E-state index contributed by atoms with van der Waals surface area (Å²) in [5, 5.41) is 31.4. The number of carbonyl (C=O) groups excluding carboxylic acids is 1. The third-order valence-corrected chi connectivity index (χ3v) is 3.26. The number of nitrogens with zero attached hydrogens (tertiary/aromatic N) is 1. The van der Waals surface area contributed by atoms with Gasteiger partial charge in [-0.2, -0.15) is 0 Å². The smallest absolute Gasteiger partial charge is 0.306 e. The predicted molar refractivity (Wildman–Crippen MR) is 76.0 cm³/mol. The fraction of sp³-hybridized carbons (Fsp3) is 0.333. The molecule has 21 heavy (non-hydrogen) atoms. The highest BCUT2D eigenvalue weighted by Crippen LogP contribution is 2.22. The van der Waals surface area contributed by atoms with E-state index >= 15 is 0 Å². The molecule has 1 aromatic rings. The summed E-state index contributed by atoms with van der Waals surface area (Å²) in [5.74, 6) is -1.86. The molecule has 0 aromatic heterocycles. The summed E-state index contributed by atoms with van der Waals surface area (Å²) < 4.78 is 0.350. The number of hydrogen-bond acceptors (Lipinski definition) is 5. The molecule has 3 N–H and O–H groups in total. The van der Waals surface area contributed by atoms with Crippen LogP contribution in [0.1, 0.15) is 23.7 Å². The zero-order valence-corrected chi connectivity index (χ0v) is 12.6. The van der Waals surface area contributed by atoms with Gasteiger partial charge in [-0.1, -0.05) is 0 Å². The molecule has 0 spiro atoms. The van der Waals surface area contributed by atoms with Crippen molar-refractivity contribution < 1.29 is 24.7 Å². The second-order valence-corrected chi connectivity index (χ2v) is 5.53. The Morgan fingerprint density at radius 3 is 2.62 bits per heavy atom. The van der Waals surface area contributed by atoms with E-state index in [1.165, 1.54) is 19.1 Å². The van der Waals surface area contributed by atoms with Gasteiger partial charge in [0.2, 0.25) is 0 Å². The van der Waals surface area contributed by atoms with Crippen LogP contribution in [0.2, 0.25) is 0 Å². The summed E-state index contributed by atoms with van der Waals surface area (Å²) in [4.78, 5) is 32.5. The monoisotopic (exact) mass is 360 g/mol. The Morgan fingerprint density at radius 1 is 1.48 bits per heavy atom. The van der Waals surface area contributed by atoms with E-state index in [9.17, 15) is 24.8 Å². The molecule has 0 heterocycles. The van der Waals surface area contributed by atoms with Crippen molar-refractivity contribution in [2.24, 2.45) is 0 Å². The van der Waals surface area contributed by atoms with Crippen LogP contribution in [-0.2, 0) is 4.79 Å². The van der Waals surface area contributed by atoms with Crippen LogP contribution in [0.15, 0.2) is 22.7 Å². The molecular formula is C12H13BrN2O6. The lowest BCUT2D eigenvalue weighted by Crippen LogP contribution is -2.42. The van der Waals surface area contributed by atoms with Crippen molar-refractivity contribution in [3.63, 3.8) is 0 Å². The Balaban J connectivity index is 2.83. The summed E-state index contributed by atoms with van der Waals surface area (Å²) in [7, 11) is 0. The van der Waals surface area contributed by atoms with Crippen LogP contribution >= 0.6 is 15.9 Å². The molecule has 9 heteroatoms. The molecule has 0 aliphatic carbocycles. The fourth-order valence-corrected chi connectivity index (χ4v) is 1.98. The number of aliphatic hydroxyl groups is 1. The van der Waals surface area contributed by atoms with Crippen LogP contribution in [0, 0.1) is 10.1 Å². The summed E-state index contributed by atoms with van der Waals surface area (Å²) in [6, 6.07) is 3.69. The molecule has 0 bridgehead atoms. The number of carbonyl (C=O) groups is 2. The van der Waals surface area contributed by atoms with Crippen LogP contribution in [0.4, 0.5) is 5.69 Å². The fourth-order valence-electron chi connectivity index (χ4n) is 1.56. The Morgan fingerprint density at radius 2 is 2.10 bits per heavy atom. The van der Waals surface area contributed by atoms with E-state index in [1.54, 1.807) is 0 Å². The van der Waals surface area contributed by atoms with Crippen molar-refractivity contribution in [3.05, 3.63) is 38.3 Å². The molecule has 114 valence electrons. The largest absolute Gasteiger partial charge is 0.481 e. The van der Waals surface area contributed by atoms with E-state index in [-0.39, 0.29) is 17.8 Å². The Hall–Kier alpha value is -2.00. The summed E-state index contributed by atoms with van der Waals surface area (Å²) in [6.45, 7) is 0.969. The quantitative estimate of drug-likeness (QED) is 0.517. The third kappa shape index (κ3) is 5.12. The molecule has 8 nitrogen and oxygen atoms in total. The highest BCUT2D eigenvalue weighted by molar-refractivity contribution is 9.10. The van der Waals surface area contributed by atoms with E-state index in [2.05, 4.69) is 21.2 Å². The van der Waals surface area contributed by atoms with Gasteiger partial charge in [0.1, 0.15) is 0 Å². The first kappa shape index (κ1) is 17.1. The van der Waals surface area contributed by atoms with Crippen LogP contribution in [0.5, 0.6) is 0 Å². The predicted octanol–water partition coefficient (Wildman–Crippen LogP) is 1.31. The molecule has 1 rings (SSSR count). The lowest BCUT2D eigenvalue weighted by atomic mass is 10.0. The number of halogens is 1. The van der Waals surface area contributed by atoms with Gasteiger partial charge >= 0.3 is 5.97 Å². The second-order valence-electron chi connectivity index (χ2n) is 4.67. The summed E-state index contributed by atoms with van der Waals surface area (Å²) >= 11 is 3.10. The Kier molecular flexibility index (Phi) is 5.39. The Labute approximate surface area is 128 Å². The highest BCUT2D eigenvalue weighted by atomic mass is 79.9. The van der Waals surface area contributed by atoms with Gasteiger partial charge in [-0.25, -0.2) is 0 Å². The number of hydrogen-bond donors (Lipinski definition) is 3. The molecule has 1 aromatic carbocycles. The lowest BCUT2D eigenvalue weighted by Gasteiger charge is -2.21. The SMILES string of the molecule is CC(O)(CNC(=O)c1cc([N+](=O)[O-])ccc1Br)CC(=O)O. The molecule has 0 radical (unpaired) electrons.